The minimum absolute atomic E-state index is 0.308. The second kappa shape index (κ2) is 5.19. The third kappa shape index (κ3) is 2.22. The van der Waals surface area contributed by atoms with Crippen molar-refractivity contribution >= 4 is 16.7 Å². The Balaban J connectivity index is 2.69. The number of benzene rings is 1. The molecule has 0 aliphatic carbocycles. The van der Waals surface area contributed by atoms with E-state index in [4.69, 9.17) is 10.8 Å². The van der Waals surface area contributed by atoms with Crippen molar-refractivity contribution in [2.75, 3.05) is 18.0 Å². The molecule has 0 radical (unpaired) electrons. The summed E-state index contributed by atoms with van der Waals surface area (Å²) in [4.78, 5) is 14.0. The third-order valence-corrected chi connectivity index (χ3v) is 3.42. The summed E-state index contributed by atoms with van der Waals surface area (Å²) in [7, 11) is 0. The fourth-order valence-electron chi connectivity index (χ4n) is 2.30. The summed E-state index contributed by atoms with van der Waals surface area (Å²) in [6.45, 7) is 7.86. The minimum atomic E-state index is -0.441. The highest BCUT2D eigenvalue weighted by molar-refractivity contribution is 5.85. The molecule has 98 valence electrons. The van der Waals surface area contributed by atoms with Crippen LogP contribution < -0.4 is 10.5 Å². The number of anilines is 1. The van der Waals surface area contributed by atoms with Gasteiger partial charge in [0.05, 0.1) is 0 Å². The van der Waals surface area contributed by atoms with Gasteiger partial charge in [0.1, 0.15) is 11.1 Å². The molecule has 19 heavy (non-hydrogen) atoms. The predicted molar refractivity (Wildman–Crippen MR) is 78.7 cm³/mol. The van der Waals surface area contributed by atoms with E-state index in [0.29, 0.717) is 11.1 Å². The zero-order valence-electron chi connectivity index (χ0n) is 11.5. The van der Waals surface area contributed by atoms with Crippen LogP contribution in [0.1, 0.15) is 25.0 Å². The Hall–Kier alpha value is -2.21. The Morgan fingerprint density at radius 2 is 2.00 bits per heavy atom. The first-order valence-electron chi connectivity index (χ1n) is 6.41. The highest BCUT2D eigenvalue weighted by atomic mass is 16.4. The van der Waals surface area contributed by atoms with Crippen molar-refractivity contribution in [3.05, 3.63) is 39.7 Å². The summed E-state index contributed by atoms with van der Waals surface area (Å²) in [5.74, 6) is 2.40. The van der Waals surface area contributed by atoms with Gasteiger partial charge in [0.25, 0.3) is 0 Å². The molecular weight excluding hydrogens is 238 g/mol. The molecule has 0 aliphatic heterocycles. The van der Waals surface area contributed by atoms with Crippen molar-refractivity contribution in [2.24, 2.45) is 0 Å². The fraction of sp³-hybridized carbons (Fsp3) is 0.312. The highest BCUT2D eigenvalue weighted by Gasteiger charge is 2.11. The Morgan fingerprint density at radius 1 is 1.32 bits per heavy atom. The van der Waals surface area contributed by atoms with Crippen molar-refractivity contribution in [3.8, 4) is 12.3 Å². The molecule has 1 heterocycles. The molecule has 0 spiro atoms. The molecule has 2 rings (SSSR count). The average Bonchev–Trinajstić information content (AvgIpc) is 2.40. The Morgan fingerprint density at radius 3 is 2.58 bits per heavy atom. The van der Waals surface area contributed by atoms with Gasteiger partial charge in [-0.05, 0) is 38.5 Å². The first-order valence-corrected chi connectivity index (χ1v) is 6.41. The summed E-state index contributed by atoms with van der Waals surface area (Å²) in [5, 5.41) is 0.892. The van der Waals surface area contributed by atoms with E-state index in [1.807, 2.05) is 25.1 Å². The van der Waals surface area contributed by atoms with Gasteiger partial charge in [0, 0.05) is 30.2 Å². The van der Waals surface area contributed by atoms with Gasteiger partial charge in [-0.1, -0.05) is 5.92 Å². The van der Waals surface area contributed by atoms with E-state index in [0.717, 1.165) is 29.7 Å². The number of nitrogens with zero attached hydrogens (tertiary/aromatic N) is 1. The molecule has 0 amide bonds. The topological polar surface area (TPSA) is 33.5 Å². The maximum absolute atomic E-state index is 11.8. The van der Waals surface area contributed by atoms with Gasteiger partial charge < -0.3 is 9.32 Å². The number of hydrogen-bond donors (Lipinski definition) is 0. The number of rotatable bonds is 3. The van der Waals surface area contributed by atoms with E-state index in [9.17, 15) is 4.79 Å². The SMILES string of the molecule is C#Cc1c(C)c2ccc(N(CC)CC)cc2oc1=O. The fourth-order valence-corrected chi connectivity index (χ4v) is 2.30. The molecule has 3 nitrogen and oxygen atoms in total. The zero-order valence-corrected chi connectivity index (χ0v) is 11.5. The minimum Gasteiger partial charge on any atom is -0.422 e. The third-order valence-electron chi connectivity index (χ3n) is 3.42. The lowest BCUT2D eigenvalue weighted by molar-refractivity contribution is 0.557. The summed E-state index contributed by atoms with van der Waals surface area (Å²) in [6.07, 6.45) is 5.35. The number of aryl methyl sites for hydroxylation is 1. The van der Waals surface area contributed by atoms with Crippen molar-refractivity contribution in [1.82, 2.24) is 0 Å². The molecule has 3 heteroatoms. The number of terminal acetylenes is 1. The molecule has 0 saturated carbocycles. The second-order valence-corrected chi connectivity index (χ2v) is 4.39. The summed E-state index contributed by atoms with van der Waals surface area (Å²) >= 11 is 0. The quantitative estimate of drug-likeness (QED) is 0.624. The summed E-state index contributed by atoms with van der Waals surface area (Å²) < 4.78 is 5.32. The molecule has 0 unspecified atom stereocenters. The van der Waals surface area contributed by atoms with E-state index >= 15 is 0 Å². The van der Waals surface area contributed by atoms with Crippen molar-refractivity contribution in [1.29, 1.82) is 0 Å². The average molecular weight is 255 g/mol. The van der Waals surface area contributed by atoms with E-state index in [1.54, 1.807) is 0 Å². The van der Waals surface area contributed by atoms with Crippen LogP contribution in [0.2, 0.25) is 0 Å². The van der Waals surface area contributed by atoms with Gasteiger partial charge in [0.2, 0.25) is 0 Å². The molecule has 1 aromatic carbocycles. The highest BCUT2D eigenvalue weighted by Crippen LogP contribution is 2.24. The lowest BCUT2D eigenvalue weighted by Gasteiger charge is -2.21. The number of fused-ring (bicyclic) bond motifs is 1. The van der Waals surface area contributed by atoms with Gasteiger partial charge in [-0.25, -0.2) is 4.79 Å². The Bertz CT molecular complexity index is 703. The maximum atomic E-state index is 11.8. The van der Waals surface area contributed by atoms with Crippen LogP contribution in [-0.4, -0.2) is 13.1 Å². The van der Waals surface area contributed by atoms with Gasteiger partial charge in [-0.15, -0.1) is 6.42 Å². The van der Waals surface area contributed by atoms with Crippen molar-refractivity contribution in [3.63, 3.8) is 0 Å². The van der Waals surface area contributed by atoms with Crippen molar-refractivity contribution < 1.29 is 4.42 Å². The normalized spacial score (nSPS) is 10.4. The molecule has 0 bridgehead atoms. The van der Waals surface area contributed by atoms with Gasteiger partial charge in [-0.2, -0.15) is 0 Å². The maximum Gasteiger partial charge on any atom is 0.352 e. The standard InChI is InChI=1S/C16H17NO2/c1-5-13-11(4)14-9-8-12(17(6-2)7-3)10-15(14)19-16(13)18/h1,8-10H,6-7H2,2-4H3. The van der Waals surface area contributed by atoms with Crippen LogP contribution in [0.5, 0.6) is 0 Å². The summed E-state index contributed by atoms with van der Waals surface area (Å²) in [5.41, 5.74) is 2.31. The van der Waals surface area contributed by atoms with Crippen LogP contribution in [-0.2, 0) is 0 Å². The smallest absolute Gasteiger partial charge is 0.352 e. The Kier molecular flexibility index (Phi) is 3.62. The van der Waals surface area contributed by atoms with E-state index in [2.05, 4.69) is 24.7 Å². The largest absolute Gasteiger partial charge is 0.422 e. The number of hydrogen-bond acceptors (Lipinski definition) is 3. The Labute approximate surface area is 112 Å². The van der Waals surface area contributed by atoms with Crippen LogP contribution in [0.15, 0.2) is 27.4 Å². The zero-order chi connectivity index (χ0) is 14.0. The van der Waals surface area contributed by atoms with Crippen LogP contribution in [0, 0.1) is 19.3 Å². The predicted octanol–water partition coefficient (Wildman–Crippen LogP) is 2.93. The molecule has 0 aliphatic rings. The first kappa shape index (κ1) is 13.2. The van der Waals surface area contributed by atoms with E-state index in [1.165, 1.54) is 0 Å². The van der Waals surface area contributed by atoms with Crippen LogP contribution in [0.3, 0.4) is 0 Å². The molecule has 1 aromatic heterocycles. The van der Waals surface area contributed by atoms with E-state index in [-0.39, 0.29) is 0 Å². The molecule has 0 saturated heterocycles. The van der Waals surface area contributed by atoms with Crippen LogP contribution in [0.25, 0.3) is 11.0 Å². The lowest BCUT2D eigenvalue weighted by Crippen LogP contribution is -2.21. The van der Waals surface area contributed by atoms with E-state index < -0.39 is 5.63 Å². The van der Waals surface area contributed by atoms with Gasteiger partial charge in [0.15, 0.2) is 0 Å². The second-order valence-electron chi connectivity index (χ2n) is 4.39. The molecular formula is C16H17NO2. The first-order chi connectivity index (χ1) is 9.12. The lowest BCUT2D eigenvalue weighted by atomic mass is 10.1. The molecule has 0 fully saturated rings. The van der Waals surface area contributed by atoms with Crippen molar-refractivity contribution in [2.45, 2.75) is 20.8 Å². The molecule has 2 aromatic rings. The van der Waals surface area contributed by atoms with Crippen LogP contribution in [0.4, 0.5) is 5.69 Å². The van der Waals surface area contributed by atoms with Gasteiger partial charge in [-0.3, -0.25) is 0 Å². The summed E-state index contributed by atoms with van der Waals surface area (Å²) in [6, 6.07) is 5.89. The molecule has 0 N–H and O–H groups in total. The molecule has 0 atom stereocenters. The van der Waals surface area contributed by atoms with Gasteiger partial charge >= 0.3 is 5.63 Å². The monoisotopic (exact) mass is 255 g/mol. The van der Waals surface area contributed by atoms with Crippen LogP contribution >= 0.6 is 0 Å².